The number of hydrogen-bond donors (Lipinski definition) is 1. The number of rotatable bonds is 6. The van der Waals surface area contributed by atoms with Gasteiger partial charge < -0.3 is 10.2 Å². The minimum Gasteiger partial charge on any atom is -0.338 e. The second-order valence-electron chi connectivity index (χ2n) is 8.69. The molecule has 1 N–H and O–H groups in total. The Morgan fingerprint density at radius 1 is 1.06 bits per heavy atom. The molecule has 2 aromatic heterocycles. The average Bonchev–Trinajstić information content (AvgIpc) is 3.19. The summed E-state index contributed by atoms with van der Waals surface area (Å²) >= 11 is 1.15. The first-order valence-electron chi connectivity index (χ1n) is 11.9. The highest BCUT2D eigenvalue weighted by atomic mass is 32.1. The third-order valence-corrected chi connectivity index (χ3v) is 7.56. The molecule has 0 atom stereocenters. The van der Waals surface area contributed by atoms with Gasteiger partial charge in [-0.1, -0.05) is 35.9 Å². The largest absolute Gasteiger partial charge is 0.338 e. The fourth-order valence-electron chi connectivity index (χ4n) is 4.28. The topological polar surface area (TPSA) is 86.1 Å². The molecular formula is C29H28N4O2S. The van der Waals surface area contributed by atoms with E-state index >= 15 is 0 Å². The molecule has 0 radical (unpaired) electrons. The van der Waals surface area contributed by atoms with Crippen LogP contribution >= 0.6 is 11.3 Å². The molecule has 0 saturated carbocycles. The van der Waals surface area contributed by atoms with E-state index in [0.717, 1.165) is 33.4 Å². The van der Waals surface area contributed by atoms with E-state index < -0.39 is 0 Å². The molecule has 0 spiro atoms. The van der Waals surface area contributed by atoms with Crippen molar-refractivity contribution in [1.29, 1.82) is 5.26 Å². The van der Waals surface area contributed by atoms with Crippen LogP contribution in [0.15, 0.2) is 48.5 Å². The van der Waals surface area contributed by atoms with Gasteiger partial charge in [-0.05, 0) is 63.9 Å². The molecule has 0 unspecified atom stereocenters. The van der Waals surface area contributed by atoms with E-state index in [1.165, 1.54) is 0 Å². The number of aromatic nitrogens is 1. The maximum atomic E-state index is 13.6. The predicted molar refractivity (Wildman–Crippen MR) is 146 cm³/mol. The average molecular weight is 497 g/mol. The second kappa shape index (κ2) is 10.3. The van der Waals surface area contributed by atoms with Crippen molar-refractivity contribution in [2.75, 3.05) is 18.4 Å². The number of nitrogens with one attached hydrogen (secondary N) is 1. The van der Waals surface area contributed by atoms with E-state index in [1.807, 2.05) is 64.1 Å². The molecule has 2 amide bonds. The first-order valence-corrected chi connectivity index (χ1v) is 12.7. The van der Waals surface area contributed by atoms with Gasteiger partial charge in [-0.2, -0.15) is 5.26 Å². The van der Waals surface area contributed by atoms with Crippen molar-refractivity contribution >= 4 is 39.1 Å². The lowest BCUT2D eigenvalue weighted by Crippen LogP contribution is -2.30. The summed E-state index contributed by atoms with van der Waals surface area (Å²) in [4.78, 5) is 33.6. The number of fused-ring (bicyclic) bond motifs is 1. The summed E-state index contributed by atoms with van der Waals surface area (Å²) in [7, 11) is 0. The number of thiophene rings is 1. The fourth-order valence-corrected chi connectivity index (χ4v) is 5.40. The Bertz CT molecular complexity index is 1530. The van der Waals surface area contributed by atoms with Crippen LogP contribution in [0.2, 0.25) is 0 Å². The van der Waals surface area contributed by atoms with E-state index in [1.54, 1.807) is 17.9 Å². The number of nitrogens with zero attached hydrogens (tertiary/aromatic N) is 3. The van der Waals surface area contributed by atoms with E-state index in [9.17, 15) is 14.9 Å². The summed E-state index contributed by atoms with van der Waals surface area (Å²) < 4.78 is 0. The normalized spacial score (nSPS) is 10.8. The first-order chi connectivity index (χ1) is 17.3. The molecule has 4 aromatic rings. The first kappa shape index (κ1) is 25.1. The quantitative estimate of drug-likeness (QED) is 0.330. The van der Waals surface area contributed by atoms with Gasteiger partial charge in [0, 0.05) is 24.0 Å². The van der Waals surface area contributed by atoms with Gasteiger partial charge in [-0.25, -0.2) is 4.98 Å². The molecule has 7 heteroatoms. The van der Waals surface area contributed by atoms with Crippen LogP contribution in [-0.2, 0) is 0 Å². The summed E-state index contributed by atoms with van der Waals surface area (Å²) in [5.74, 6) is -0.481. The number of amides is 2. The molecule has 0 fully saturated rings. The molecule has 182 valence electrons. The fraction of sp³-hybridized carbons (Fsp3) is 0.241. The summed E-state index contributed by atoms with van der Waals surface area (Å²) in [6, 6.07) is 17.6. The van der Waals surface area contributed by atoms with Gasteiger partial charge >= 0.3 is 0 Å². The smallest absolute Gasteiger partial charge is 0.264 e. The van der Waals surface area contributed by atoms with Crippen LogP contribution in [0.5, 0.6) is 0 Å². The molecule has 0 aliphatic heterocycles. The number of benzene rings is 2. The maximum Gasteiger partial charge on any atom is 0.264 e. The third-order valence-electron chi connectivity index (χ3n) is 6.36. The summed E-state index contributed by atoms with van der Waals surface area (Å²) in [5, 5.41) is 13.8. The van der Waals surface area contributed by atoms with E-state index in [0.29, 0.717) is 50.9 Å². The minimum absolute atomic E-state index is 0.133. The zero-order chi connectivity index (χ0) is 26.0. The van der Waals surface area contributed by atoms with Crippen LogP contribution in [0.1, 0.15) is 56.1 Å². The Morgan fingerprint density at radius 2 is 1.78 bits per heavy atom. The number of hydrogen-bond acceptors (Lipinski definition) is 5. The van der Waals surface area contributed by atoms with E-state index in [4.69, 9.17) is 4.98 Å². The van der Waals surface area contributed by atoms with Crippen molar-refractivity contribution in [2.45, 2.75) is 34.6 Å². The zero-order valence-electron chi connectivity index (χ0n) is 21.1. The van der Waals surface area contributed by atoms with Gasteiger partial charge in [0.05, 0.1) is 27.2 Å². The Kier molecular flexibility index (Phi) is 7.18. The Hall–Kier alpha value is -4.02. The lowest BCUT2D eigenvalue weighted by Gasteiger charge is -2.17. The highest BCUT2D eigenvalue weighted by Crippen LogP contribution is 2.35. The minimum atomic E-state index is -0.347. The monoisotopic (exact) mass is 496 g/mol. The lowest BCUT2D eigenvalue weighted by molar-refractivity contribution is 0.0777. The standard InChI is InChI=1S/C29H28N4O2S/c1-6-33(7-2)29(35)26-19(5)23(16-30)28(36-26)32-27(34)22-15-25(21-14-17(3)12-13-18(21)4)31-24-11-9-8-10-20(22)24/h8-15H,6-7H2,1-5H3,(H,32,34). The predicted octanol–water partition coefficient (Wildman–Crippen LogP) is 6.49. The van der Waals surface area contributed by atoms with Gasteiger partial charge in [-0.3, -0.25) is 9.59 Å². The molecular weight excluding hydrogens is 468 g/mol. The van der Waals surface area contributed by atoms with E-state index in [2.05, 4.69) is 17.5 Å². The van der Waals surface area contributed by atoms with Crippen LogP contribution in [0, 0.1) is 32.1 Å². The van der Waals surface area contributed by atoms with Crippen LogP contribution in [0.3, 0.4) is 0 Å². The number of anilines is 1. The molecule has 36 heavy (non-hydrogen) atoms. The zero-order valence-corrected chi connectivity index (χ0v) is 21.9. The van der Waals surface area contributed by atoms with Crippen molar-refractivity contribution in [3.63, 3.8) is 0 Å². The van der Waals surface area contributed by atoms with Crippen molar-refractivity contribution in [2.24, 2.45) is 0 Å². The highest BCUT2D eigenvalue weighted by Gasteiger charge is 2.25. The maximum absolute atomic E-state index is 13.6. The van der Waals surface area contributed by atoms with Crippen molar-refractivity contribution < 1.29 is 9.59 Å². The number of pyridine rings is 1. The van der Waals surface area contributed by atoms with Crippen LogP contribution in [-0.4, -0.2) is 34.8 Å². The molecule has 0 aliphatic carbocycles. The summed E-state index contributed by atoms with van der Waals surface area (Å²) in [6.07, 6.45) is 0. The number of nitriles is 1. The molecule has 2 aromatic carbocycles. The Balaban J connectivity index is 1.80. The Morgan fingerprint density at radius 3 is 2.47 bits per heavy atom. The summed E-state index contributed by atoms with van der Waals surface area (Å²) in [6.45, 7) is 10.8. The van der Waals surface area contributed by atoms with Crippen molar-refractivity contribution in [3.8, 4) is 17.3 Å². The molecule has 0 saturated heterocycles. The van der Waals surface area contributed by atoms with Gasteiger partial charge in [0.2, 0.25) is 0 Å². The summed E-state index contributed by atoms with van der Waals surface area (Å²) in [5.41, 5.74) is 5.92. The van der Waals surface area contributed by atoms with Gasteiger partial charge in [0.25, 0.3) is 11.8 Å². The number of carbonyl (C=O) groups is 2. The molecule has 2 heterocycles. The van der Waals surface area contributed by atoms with Gasteiger partial charge in [0.15, 0.2) is 0 Å². The number of carbonyl (C=O) groups excluding carboxylic acids is 2. The molecule has 4 rings (SSSR count). The molecule has 6 nitrogen and oxygen atoms in total. The van der Waals surface area contributed by atoms with Crippen LogP contribution < -0.4 is 5.32 Å². The second-order valence-corrected chi connectivity index (χ2v) is 9.71. The molecule has 0 aliphatic rings. The van der Waals surface area contributed by atoms with Gasteiger partial charge in [-0.15, -0.1) is 11.3 Å². The van der Waals surface area contributed by atoms with E-state index in [-0.39, 0.29) is 11.8 Å². The Labute approximate surface area is 215 Å². The van der Waals surface area contributed by atoms with Gasteiger partial charge in [0.1, 0.15) is 11.1 Å². The SMILES string of the molecule is CCN(CC)C(=O)c1sc(NC(=O)c2cc(-c3cc(C)ccc3C)nc3ccccc23)c(C#N)c1C. The van der Waals surface area contributed by atoms with Crippen LogP contribution in [0.25, 0.3) is 22.2 Å². The number of aryl methyl sites for hydroxylation is 2. The van der Waals surface area contributed by atoms with Crippen molar-refractivity contribution in [1.82, 2.24) is 9.88 Å². The van der Waals surface area contributed by atoms with Crippen LogP contribution in [0.4, 0.5) is 5.00 Å². The number of para-hydroxylation sites is 1. The van der Waals surface area contributed by atoms with Crippen molar-refractivity contribution in [3.05, 3.63) is 81.2 Å². The molecule has 0 bridgehead atoms. The highest BCUT2D eigenvalue weighted by molar-refractivity contribution is 7.18. The lowest BCUT2D eigenvalue weighted by atomic mass is 9.99. The third kappa shape index (κ3) is 4.60.